The summed E-state index contributed by atoms with van der Waals surface area (Å²) in [5.41, 5.74) is 6.10. The molecule has 0 saturated heterocycles. The highest BCUT2D eigenvalue weighted by Crippen LogP contribution is 2.51. The van der Waals surface area contributed by atoms with Gasteiger partial charge in [0, 0.05) is 22.2 Å². The minimum atomic E-state index is 0.815. The van der Waals surface area contributed by atoms with Crippen molar-refractivity contribution in [1.29, 1.82) is 0 Å². The number of ether oxygens (including phenoxy) is 2. The van der Waals surface area contributed by atoms with Gasteiger partial charge < -0.3 is 14.8 Å². The third-order valence-electron chi connectivity index (χ3n) is 4.77. The maximum absolute atomic E-state index is 5.68. The minimum Gasteiger partial charge on any atom is -0.496 e. The van der Waals surface area contributed by atoms with Crippen LogP contribution >= 0.6 is 0 Å². The van der Waals surface area contributed by atoms with Crippen LogP contribution in [0.3, 0.4) is 0 Å². The summed E-state index contributed by atoms with van der Waals surface area (Å²) in [6.45, 7) is 0. The average molecular weight is 328 g/mol. The van der Waals surface area contributed by atoms with Crippen LogP contribution in [0.5, 0.6) is 11.5 Å². The SMILES string of the molecule is COc1cccc2c1-c1c3c(cccc3nc3cccc(OC)c13)N2. The molecule has 0 fully saturated rings. The summed E-state index contributed by atoms with van der Waals surface area (Å²) in [7, 11) is 3.40. The topological polar surface area (TPSA) is 43.4 Å². The van der Waals surface area contributed by atoms with Crippen molar-refractivity contribution in [3.8, 4) is 22.6 Å². The van der Waals surface area contributed by atoms with E-state index in [2.05, 4.69) is 17.4 Å². The lowest BCUT2D eigenvalue weighted by atomic mass is 9.90. The second kappa shape index (κ2) is 5.11. The van der Waals surface area contributed by atoms with Gasteiger partial charge in [0.15, 0.2) is 0 Å². The quantitative estimate of drug-likeness (QED) is 0.456. The molecule has 0 aliphatic carbocycles. The molecule has 4 heteroatoms. The Labute approximate surface area is 145 Å². The second-order valence-corrected chi connectivity index (χ2v) is 6.05. The Balaban J connectivity index is 2.09. The Morgan fingerprint density at radius 1 is 0.680 bits per heavy atom. The fourth-order valence-electron chi connectivity index (χ4n) is 3.75. The average Bonchev–Trinajstić information content (AvgIpc) is 2.66. The Bertz CT molecular complexity index is 1150. The lowest BCUT2D eigenvalue weighted by molar-refractivity contribution is 0.416. The molecular formula is C21H16N2O2. The van der Waals surface area contributed by atoms with Crippen molar-refractivity contribution in [3.05, 3.63) is 54.6 Å². The summed E-state index contributed by atoms with van der Waals surface area (Å²) in [4.78, 5) is 4.86. The van der Waals surface area contributed by atoms with Crippen molar-refractivity contribution in [2.45, 2.75) is 0 Å². The van der Waals surface area contributed by atoms with Gasteiger partial charge in [-0.1, -0.05) is 18.2 Å². The van der Waals surface area contributed by atoms with Crippen LogP contribution in [0.15, 0.2) is 54.6 Å². The molecule has 0 bridgehead atoms. The molecule has 0 spiro atoms. The van der Waals surface area contributed by atoms with E-state index in [1.54, 1.807) is 14.2 Å². The second-order valence-electron chi connectivity index (χ2n) is 6.05. The van der Waals surface area contributed by atoms with Crippen molar-refractivity contribution < 1.29 is 9.47 Å². The highest BCUT2D eigenvalue weighted by molar-refractivity contribution is 6.21. The van der Waals surface area contributed by atoms with E-state index >= 15 is 0 Å². The molecule has 0 atom stereocenters. The first kappa shape index (κ1) is 14.1. The number of hydrogen-bond acceptors (Lipinski definition) is 4. The van der Waals surface area contributed by atoms with Gasteiger partial charge in [-0.3, -0.25) is 0 Å². The zero-order valence-corrected chi connectivity index (χ0v) is 14.0. The summed E-state index contributed by atoms with van der Waals surface area (Å²) in [5, 5.41) is 5.63. The fourth-order valence-corrected chi connectivity index (χ4v) is 3.75. The van der Waals surface area contributed by atoms with E-state index in [0.717, 1.165) is 55.8 Å². The molecule has 0 radical (unpaired) electrons. The van der Waals surface area contributed by atoms with E-state index in [1.807, 2.05) is 42.5 Å². The van der Waals surface area contributed by atoms with Crippen molar-refractivity contribution in [2.24, 2.45) is 0 Å². The molecule has 1 aromatic heterocycles. The lowest BCUT2D eigenvalue weighted by Gasteiger charge is -2.25. The summed E-state index contributed by atoms with van der Waals surface area (Å²) < 4.78 is 11.4. The van der Waals surface area contributed by atoms with Crippen molar-refractivity contribution in [1.82, 2.24) is 4.98 Å². The first-order valence-corrected chi connectivity index (χ1v) is 8.15. The van der Waals surface area contributed by atoms with Gasteiger partial charge in [-0.2, -0.15) is 0 Å². The molecule has 0 unspecified atom stereocenters. The van der Waals surface area contributed by atoms with Crippen molar-refractivity contribution >= 4 is 33.2 Å². The molecule has 25 heavy (non-hydrogen) atoms. The largest absolute Gasteiger partial charge is 0.496 e. The van der Waals surface area contributed by atoms with Crippen LogP contribution in [0.1, 0.15) is 0 Å². The normalized spacial score (nSPS) is 11.9. The predicted octanol–water partition coefficient (Wildman–Crippen LogP) is 5.13. The van der Waals surface area contributed by atoms with E-state index in [4.69, 9.17) is 14.5 Å². The number of nitrogens with one attached hydrogen (secondary N) is 1. The number of benzene rings is 3. The number of methoxy groups -OCH3 is 2. The number of hydrogen-bond donors (Lipinski definition) is 1. The zero-order chi connectivity index (χ0) is 17.0. The lowest BCUT2D eigenvalue weighted by Crippen LogP contribution is -2.05. The van der Waals surface area contributed by atoms with Gasteiger partial charge in [0.2, 0.25) is 0 Å². The van der Waals surface area contributed by atoms with E-state index in [9.17, 15) is 0 Å². The number of fused-ring (bicyclic) bond motifs is 4. The predicted molar refractivity (Wildman–Crippen MR) is 101 cm³/mol. The molecule has 5 rings (SSSR count). The third-order valence-corrected chi connectivity index (χ3v) is 4.77. The third kappa shape index (κ3) is 1.85. The summed E-state index contributed by atoms with van der Waals surface area (Å²) >= 11 is 0. The van der Waals surface area contributed by atoms with Gasteiger partial charge in [-0.25, -0.2) is 4.98 Å². The molecule has 1 aliphatic heterocycles. The van der Waals surface area contributed by atoms with Crippen LogP contribution in [0.2, 0.25) is 0 Å². The van der Waals surface area contributed by atoms with Gasteiger partial charge in [0.05, 0.1) is 36.3 Å². The van der Waals surface area contributed by atoms with Gasteiger partial charge in [0.25, 0.3) is 0 Å². The van der Waals surface area contributed by atoms with Crippen LogP contribution in [-0.4, -0.2) is 19.2 Å². The molecule has 4 aromatic rings. The number of anilines is 2. The maximum atomic E-state index is 5.68. The molecule has 122 valence electrons. The smallest absolute Gasteiger partial charge is 0.128 e. The number of pyridine rings is 1. The van der Waals surface area contributed by atoms with Crippen molar-refractivity contribution in [2.75, 3.05) is 19.5 Å². The molecule has 1 aliphatic rings. The molecule has 2 heterocycles. The molecular weight excluding hydrogens is 312 g/mol. The molecule has 0 saturated carbocycles. The van der Waals surface area contributed by atoms with Crippen LogP contribution in [0, 0.1) is 0 Å². The number of aromatic nitrogens is 1. The highest BCUT2D eigenvalue weighted by Gasteiger charge is 2.25. The summed E-state index contributed by atoms with van der Waals surface area (Å²) in [6.07, 6.45) is 0. The van der Waals surface area contributed by atoms with E-state index in [0.29, 0.717) is 0 Å². The monoisotopic (exact) mass is 328 g/mol. The number of rotatable bonds is 2. The van der Waals surface area contributed by atoms with Gasteiger partial charge in [0.1, 0.15) is 11.5 Å². The Kier molecular flexibility index (Phi) is 2.88. The molecule has 4 nitrogen and oxygen atoms in total. The van der Waals surface area contributed by atoms with E-state index in [1.165, 1.54) is 0 Å². The highest BCUT2D eigenvalue weighted by atomic mass is 16.5. The zero-order valence-electron chi connectivity index (χ0n) is 14.0. The Hall–Kier alpha value is -3.27. The Morgan fingerprint density at radius 3 is 2.12 bits per heavy atom. The molecule has 0 amide bonds. The van der Waals surface area contributed by atoms with Crippen molar-refractivity contribution in [3.63, 3.8) is 0 Å². The van der Waals surface area contributed by atoms with Crippen LogP contribution in [0.25, 0.3) is 32.9 Å². The first-order valence-electron chi connectivity index (χ1n) is 8.15. The van der Waals surface area contributed by atoms with Crippen LogP contribution in [0.4, 0.5) is 11.4 Å². The standard InChI is InChI=1S/C21H16N2O2/c1-24-16-10-4-8-14-19(16)21-18-12(22-14)6-3-7-13(18)23-15-9-5-11-17(25-2)20(15)21/h3-11,22H,1-2H3. The fraction of sp³-hybridized carbons (Fsp3) is 0.0952. The minimum absolute atomic E-state index is 0.815. The van der Waals surface area contributed by atoms with E-state index in [-0.39, 0.29) is 0 Å². The van der Waals surface area contributed by atoms with Gasteiger partial charge in [-0.15, -0.1) is 0 Å². The van der Waals surface area contributed by atoms with Gasteiger partial charge >= 0.3 is 0 Å². The van der Waals surface area contributed by atoms with E-state index < -0.39 is 0 Å². The van der Waals surface area contributed by atoms with Gasteiger partial charge in [-0.05, 0) is 36.4 Å². The number of nitrogens with zero attached hydrogens (tertiary/aromatic N) is 1. The first-order chi connectivity index (χ1) is 12.3. The summed E-state index contributed by atoms with van der Waals surface area (Å²) in [5.74, 6) is 1.65. The molecule has 3 aromatic carbocycles. The molecule has 1 N–H and O–H groups in total. The maximum Gasteiger partial charge on any atom is 0.128 e. The summed E-state index contributed by atoms with van der Waals surface area (Å²) in [6, 6.07) is 18.2. The van der Waals surface area contributed by atoms with Crippen LogP contribution in [-0.2, 0) is 0 Å². The Morgan fingerprint density at radius 2 is 1.32 bits per heavy atom. The van der Waals surface area contributed by atoms with Crippen LogP contribution < -0.4 is 14.8 Å².